The van der Waals surface area contributed by atoms with Crippen molar-refractivity contribution >= 4 is 11.0 Å². The maximum atomic E-state index is 7.02. The molecule has 2 heterocycles. The first kappa shape index (κ1) is 26.1. The molecule has 1 atom stereocenters. The maximum absolute atomic E-state index is 7.02. The lowest BCUT2D eigenvalue weighted by Crippen LogP contribution is -2.32. The lowest BCUT2D eigenvalue weighted by molar-refractivity contribution is 0.438. The summed E-state index contributed by atoms with van der Waals surface area (Å²) < 4.78 is 12.9. The zero-order valence-corrected chi connectivity index (χ0v) is 25.5. The molecule has 2 aliphatic rings. The molecule has 2 heteroatoms. The molecule has 47 heavy (non-hydrogen) atoms. The number of ether oxygens (including phenoxy) is 1. The highest BCUT2D eigenvalue weighted by Crippen LogP contribution is 2.64. The van der Waals surface area contributed by atoms with Crippen molar-refractivity contribution in [2.24, 2.45) is 0 Å². The van der Waals surface area contributed by atoms with E-state index in [2.05, 4.69) is 164 Å². The van der Waals surface area contributed by atoms with E-state index >= 15 is 0 Å². The zero-order chi connectivity index (χ0) is 31.0. The summed E-state index contributed by atoms with van der Waals surface area (Å²) in [6.45, 7) is 0. The van der Waals surface area contributed by atoms with Gasteiger partial charge >= 0.3 is 0 Å². The van der Waals surface area contributed by atoms with Gasteiger partial charge in [0, 0.05) is 22.1 Å². The van der Waals surface area contributed by atoms with E-state index in [1.807, 2.05) is 0 Å². The highest BCUT2D eigenvalue weighted by Gasteiger charge is 2.52. The van der Waals surface area contributed by atoms with Crippen LogP contribution in [0.3, 0.4) is 0 Å². The van der Waals surface area contributed by atoms with Gasteiger partial charge in [-0.3, -0.25) is 0 Å². The fourth-order valence-corrected chi connectivity index (χ4v) is 8.07. The zero-order valence-electron chi connectivity index (χ0n) is 25.5. The van der Waals surface area contributed by atoms with Gasteiger partial charge in [0.25, 0.3) is 0 Å². The number of para-hydroxylation sites is 2. The average Bonchev–Trinajstić information content (AvgIpc) is 3.74. The fourth-order valence-electron chi connectivity index (χ4n) is 8.07. The van der Waals surface area contributed by atoms with Gasteiger partial charge in [-0.15, -0.1) is 0 Å². The Labute approximate surface area is 273 Å². The second-order valence-electron chi connectivity index (χ2n) is 12.4. The average molecular weight is 601 g/mol. The summed E-state index contributed by atoms with van der Waals surface area (Å²) in [6.07, 6.45) is 1.80. The molecule has 7 aromatic carbocycles. The minimum atomic E-state index is -0.559. The molecular formula is C45H28O2. The summed E-state index contributed by atoms with van der Waals surface area (Å²) >= 11 is 0. The van der Waals surface area contributed by atoms with E-state index in [0.29, 0.717) is 0 Å². The normalized spacial score (nSPS) is 15.5. The molecule has 0 radical (unpaired) electrons. The third-order valence-electron chi connectivity index (χ3n) is 10.0. The largest absolute Gasteiger partial charge is 0.464 e. The van der Waals surface area contributed by atoms with E-state index < -0.39 is 5.41 Å². The summed E-state index contributed by atoms with van der Waals surface area (Å²) in [6, 6.07) is 58.7. The smallest absolute Gasteiger partial charge is 0.140 e. The summed E-state index contributed by atoms with van der Waals surface area (Å²) in [5, 5.41) is 1.14. The molecule has 0 bridgehead atoms. The Kier molecular flexibility index (Phi) is 5.53. The Morgan fingerprint density at radius 3 is 1.79 bits per heavy atom. The van der Waals surface area contributed by atoms with Crippen molar-refractivity contribution in [2.45, 2.75) is 5.41 Å². The van der Waals surface area contributed by atoms with Crippen LogP contribution in [0.1, 0.15) is 22.3 Å². The quantitative estimate of drug-likeness (QED) is 0.201. The first-order valence-corrected chi connectivity index (χ1v) is 16.1. The standard InChI is InChI=1S/C45H28O2/c1-3-12-29(13-4-1)31-26-32(30-14-5-2-6-15-30)28-33(27-31)34-17-11-20-40-44(34)47-42-21-10-9-19-38(42)45(40)37-18-8-7-16-35(37)43-36-24-25-46-41(36)23-22-39(43)45/h1-28H. The number of furan rings is 1. The van der Waals surface area contributed by atoms with Crippen molar-refractivity contribution < 1.29 is 9.15 Å². The van der Waals surface area contributed by atoms with E-state index in [1.165, 1.54) is 44.5 Å². The van der Waals surface area contributed by atoms with Gasteiger partial charge in [-0.2, -0.15) is 0 Å². The molecule has 1 spiro atoms. The molecule has 0 fully saturated rings. The molecule has 0 saturated heterocycles. The molecule has 0 saturated carbocycles. The molecule has 220 valence electrons. The number of hydrogen-bond donors (Lipinski definition) is 0. The molecule has 8 aromatic rings. The molecule has 0 N–H and O–H groups in total. The molecule has 0 amide bonds. The topological polar surface area (TPSA) is 22.4 Å². The van der Waals surface area contributed by atoms with E-state index in [0.717, 1.165) is 44.7 Å². The summed E-state index contributed by atoms with van der Waals surface area (Å²) in [4.78, 5) is 0. The van der Waals surface area contributed by atoms with Crippen LogP contribution in [-0.2, 0) is 5.41 Å². The van der Waals surface area contributed by atoms with Crippen LogP contribution in [0.15, 0.2) is 174 Å². The maximum Gasteiger partial charge on any atom is 0.140 e. The van der Waals surface area contributed by atoms with Crippen LogP contribution >= 0.6 is 0 Å². The number of rotatable bonds is 3. The number of benzene rings is 7. The third-order valence-corrected chi connectivity index (χ3v) is 10.0. The molecule has 1 aliphatic carbocycles. The minimum absolute atomic E-state index is 0.559. The third kappa shape index (κ3) is 3.67. The van der Waals surface area contributed by atoms with E-state index in [1.54, 1.807) is 6.26 Å². The van der Waals surface area contributed by atoms with Gasteiger partial charge in [-0.05, 0) is 86.5 Å². The molecule has 1 unspecified atom stereocenters. The molecule has 1 aromatic heterocycles. The van der Waals surface area contributed by atoms with Gasteiger partial charge < -0.3 is 9.15 Å². The highest BCUT2D eigenvalue weighted by molar-refractivity contribution is 6.03. The van der Waals surface area contributed by atoms with Crippen LogP contribution in [0.4, 0.5) is 0 Å². The van der Waals surface area contributed by atoms with Crippen molar-refractivity contribution in [3.05, 3.63) is 192 Å². The van der Waals surface area contributed by atoms with Gasteiger partial charge in [-0.25, -0.2) is 0 Å². The summed E-state index contributed by atoms with van der Waals surface area (Å²) in [5.74, 6) is 1.77. The van der Waals surface area contributed by atoms with Crippen molar-refractivity contribution in [2.75, 3.05) is 0 Å². The Morgan fingerprint density at radius 2 is 1.02 bits per heavy atom. The summed E-state index contributed by atoms with van der Waals surface area (Å²) in [7, 11) is 0. The Morgan fingerprint density at radius 1 is 0.404 bits per heavy atom. The van der Waals surface area contributed by atoms with Crippen LogP contribution < -0.4 is 4.74 Å². The van der Waals surface area contributed by atoms with Crippen molar-refractivity contribution in [1.29, 1.82) is 0 Å². The van der Waals surface area contributed by atoms with Crippen molar-refractivity contribution in [1.82, 2.24) is 0 Å². The van der Waals surface area contributed by atoms with E-state index in [4.69, 9.17) is 9.15 Å². The van der Waals surface area contributed by atoms with Gasteiger partial charge in [0.05, 0.1) is 11.7 Å². The van der Waals surface area contributed by atoms with Crippen LogP contribution in [0.2, 0.25) is 0 Å². The predicted molar refractivity (Wildman–Crippen MR) is 190 cm³/mol. The monoisotopic (exact) mass is 600 g/mol. The molecule has 10 rings (SSSR count). The molecule has 2 nitrogen and oxygen atoms in total. The van der Waals surface area contributed by atoms with Crippen molar-refractivity contribution in [3.63, 3.8) is 0 Å². The van der Waals surface area contributed by atoms with Gasteiger partial charge in [0.2, 0.25) is 0 Å². The van der Waals surface area contributed by atoms with Gasteiger partial charge in [0.1, 0.15) is 17.1 Å². The number of hydrogen-bond acceptors (Lipinski definition) is 2. The van der Waals surface area contributed by atoms with Gasteiger partial charge in [-0.1, -0.05) is 127 Å². The summed E-state index contributed by atoms with van der Waals surface area (Å²) in [5.41, 5.74) is 14.5. The molecule has 1 aliphatic heterocycles. The fraction of sp³-hybridized carbons (Fsp3) is 0.0222. The van der Waals surface area contributed by atoms with Gasteiger partial charge in [0.15, 0.2) is 0 Å². The Hall–Kier alpha value is -6.12. The minimum Gasteiger partial charge on any atom is -0.464 e. The van der Waals surface area contributed by atoms with E-state index in [-0.39, 0.29) is 0 Å². The van der Waals surface area contributed by atoms with E-state index in [9.17, 15) is 0 Å². The first-order valence-electron chi connectivity index (χ1n) is 16.1. The van der Waals surface area contributed by atoms with Crippen LogP contribution in [0.5, 0.6) is 11.5 Å². The molecular weight excluding hydrogens is 572 g/mol. The first-order chi connectivity index (χ1) is 23.3. The van der Waals surface area contributed by atoms with Crippen LogP contribution in [0.25, 0.3) is 55.5 Å². The second kappa shape index (κ2) is 9.94. The van der Waals surface area contributed by atoms with Crippen molar-refractivity contribution in [3.8, 4) is 56.0 Å². The Bertz CT molecular complexity index is 2430. The number of fused-ring (bicyclic) bond motifs is 11. The predicted octanol–water partition coefficient (Wildman–Crippen LogP) is 11.9. The lowest BCUT2D eigenvalue weighted by Gasteiger charge is -2.40. The highest BCUT2D eigenvalue weighted by atomic mass is 16.5. The van der Waals surface area contributed by atoms with Crippen LogP contribution in [0, 0.1) is 0 Å². The second-order valence-corrected chi connectivity index (χ2v) is 12.4. The Balaban J connectivity index is 1.29. The van der Waals surface area contributed by atoms with Crippen LogP contribution in [-0.4, -0.2) is 0 Å². The lowest BCUT2D eigenvalue weighted by atomic mass is 9.65. The SMILES string of the molecule is c1ccc(-c2cc(-c3ccccc3)cc(-c3cccc4c3Oc3ccccc3C43c4ccccc4-c4c3ccc3occc43)c2)cc1.